The molecule has 8 heavy (non-hydrogen) atoms. The minimum absolute atomic E-state index is 0. The molecular weight excluding hydrogens is 159 g/mol. The average Bonchev–Trinajstić information content (AvgIpc) is 1.30. The predicted octanol–water partition coefficient (Wildman–Crippen LogP) is -0.919. The largest absolute Gasteiger partial charge is 0.748 e. The van der Waals surface area contributed by atoms with Gasteiger partial charge in [0.2, 0.25) is 0 Å². The van der Waals surface area contributed by atoms with Gasteiger partial charge in [-0.2, -0.15) is 12.6 Å². The van der Waals surface area contributed by atoms with E-state index in [1.54, 1.807) is 0 Å². The van der Waals surface area contributed by atoms with Crippen LogP contribution in [-0.2, 0) is 10.1 Å². The van der Waals surface area contributed by atoms with Gasteiger partial charge in [0, 0.05) is 41.1 Å². The fraction of sp³-hybridized carbons (Fsp3) is 1.00. The van der Waals surface area contributed by atoms with Crippen LogP contribution in [0.25, 0.3) is 0 Å². The van der Waals surface area contributed by atoms with Crippen LogP contribution in [-0.4, -0.2) is 54.0 Å². The first kappa shape index (κ1) is 12.0. The van der Waals surface area contributed by atoms with Crippen LogP contribution in [0.2, 0.25) is 0 Å². The summed E-state index contributed by atoms with van der Waals surface area (Å²) in [4.78, 5) is 0. The summed E-state index contributed by atoms with van der Waals surface area (Å²) in [6, 6.07) is 0. The molecule has 0 saturated carbocycles. The van der Waals surface area contributed by atoms with Crippen LogP contribution in [0.4, 0.5) is 0 Å². The van der Waals surface area contributed by atoms with Gasteiger partial charge < -0.3 is 4.55 Å². The van der Waals surface area contributed by atoms with Crippen molar-refractivity contribution in [2.45, 2.75) is 0 Å². The summed E-state index contributed by atoms with van der Waals surface area (Å²) < 4.78 is 28.9. The number of thiol groups is 1. The molecule has 0 aliphatic rings. The molecule has 0 N–H and O–H groups in total. The maximum absolute atomic E-state index is 9.63. The first-order valence-corrected chi connectivity index (χ1v) is 3.81. The Labute approximate surface area is 76.3 Å². The molecule has 0 aromatic carbocycles. The Morgan fingerprint density at radius 2 is 1.88 bits per heavy atom. The van der Waals surface area contributed by atoms with Crippen LogP contribution in [0, 0.1) is 0 Å². The van der Waals surface area contributed by atoms with Crippen molar-refractivity contribution in [3.8, 4) is 0 Å². The molecule has 0 aromatic heterocycles. The van der Waals surface area contributed by atoms with E-state index < -0.39 is 10.1 Å². The molecule has 0 saturated heterocycles. The topological polar surface area (TPSA) is 57.2 Å². The van der Waals surface area contributed by atoms with Crippen LogP contribution >= 0.6 is 12.6 Å². The van der Waals surface area contributed by atoms with Gasteiger partial charge >= 0.3 is 0 Å². The Bertz CT molecular complexity index is 128. The van der Waals surface area contributed by atoms with Crippen molar-refractivity contribution in [2.75, 3.05) is 11.5 Å². The van der Waals surface area contributed by atoms with Crippen LogP contribution in [0.3, 0.4) is 0 Å². The van der Waals surface area contributed by atoms with E-state index in [0.29, 0.717) is 0 Å². The van der Waals surface area contributed by atoms with Gasteiger partial charge in [-0.15, -0.1) is 0 Å². The van der Waals surface area contributed by atoms with Crippen molar-refractivity contribution < 1.29 is 13.0 Å². The van der Waals surface area contributed by atoms with E-state index in [1.807, 2.05) is 0 Å². The predicted molar refractivity (Wildman–Crippen MR) is 34.2 cm³/mol. The fourth-order valence-corrected chi connectivity index (χ4v) is 1.01. The zero-order valence-electron chi connectivity index (χ0n) is 4.49. The van der Waals surface area contributed by atoms with E-state index in [9.17, 15) is 13.0 Å². The minimum atomic E-state index is -4.00. The zero-order valence-corrected chi connectivity index (χ0v) is 8.21. The molecule has 6 heteroatoms. The van der Waals surface area contributed by atoms with Crippen molar-refractivity contribution in [1.82, 2.24) is 0 Å². The molecule has 0 aromatic rings. The summed E-state index contributed by atoms with van der Waals surface area (Å²) in [5.74, 6) is -0.276. The van der Waals surface area contributed by atoms with Gasteiger partial charge in [-0.05, 0) is 0 Å². The van der Waals surface area contributed by atoms with Crippen molar-refractivity contribution in [3.63, 3.8) is 0 Å². The molecule has 1 radical (unpaired) electrons. The number of rotatable bonds is 2. The minimum Gasteiger partial charge on any atom is -0.748 e. The number of hydrogen-bond donors (Lipinski definition) is 1. The molecule has 0 heterocycles. The first-order valence-electron chi connectivity index (χ1n) is 1.60. The molecule has 0 bridgehead atoms. The molecule has 0 fully saturated rings. The molecule has 3 nitrogen and oxygen atoms in total. The second kappa shape index (κ2) is 5.08. The normalized spacial score (nSPS) is 10.2. The molecule has 0 unspecified atom stereocenters. The Morgan fingerprint density at radius 1 is 1.50 bits per heavy atom. The number of hydrogen-bond acceptors (Lipinski definition) is 4. The van der Waals surface area contributed by atoms with Crippen LogP contribution in [0.5, 0.6) is 0 Å². The standard InChI is InChI=1S/C2H6O3S2.Na/c3-7(4,5)2-1-6;/h6H,1-2H2,(H,3,4,5);/p-1. The first-order chi connectivity index (χ1) is 3.06. The molecule has 0 aliphatic carbocycles. The quantitative estimate of drug-likeness (QED) is 0.326. The van der Waals surface area contributed by atoms with Crippen molar-refractivity contribution in [1.29, 1.82) is 0 Å². The molecule has 45 valence electrons. The molecule has 0 spiro atoms. The van der Waals surface area contributed by atoms with E-state index in [0.717, 1.165) is 0 Å². The molecule has 0 atom stereocenters. The monoisotopic (exact) mass is 164 g/mol. The summed E-state index contributed by atoms with van der Waals surface area (Å²) in [6.45, 7) is 0. The third-order valence-corrected chi connectivity index (χ3v) is 1.57. The van der Waals surface area contributed by atoms with E-state index >= 15 is 0 Å². The summed E-state index contributed by atoms with van der Waals surface area (Å²) >= 11 is 3.53. The van der Waals surface area contributed by atoms with Crippen LogP contribution in [0.1, 0.15) is 0 Å². The van der Waals surface area contributed by atoms with E-state index in [2.05, 4.69) is 12.6 Å². The van der Waals surface area contributed by atoms with Gasteiger partial charge in [-0.25, -0.2) is 8.42 Å². The maximum atomic E-state index is 9.63. The molecule has 0 amide bonds. The Hall–Kier alpha value is 1.26. The Kier molecular flexibility index (Phi) is 7.61. The Balaban J connectivity index is 0. The van der Waals surface area contributed by atoms with E-state index in [-0.39, 0.29) is 41.1 Å². The summed E-state index contributed by atoms with van der Waals surface area (Å²) in [7, 11) is -4.00. The second-order valence-electron chi connectivity index (χ2n) is 0.985. The molecular formula is C2H5NaO3S2-. The van der Waals surface area contributed by atoms with Crippen molar-refractivity contribution in [3.05, 3.63) is 0 Å². The van der Waals surface area contributed by atoms with E-state index in [4.69, 9.17) is 0 Å². The average molecular weight is 164 g/mol. The van der Waals surface area contributed by atoms with Crippen LogP contribution in [0.15, 0.2) is 0 Å². The van der Waals surface area contributed by atoms with Gasteiger partial charge in [0.05, 0.1) is 10.1 Å². The fourth-order valence-electron chi connectivity index (χ4n) is 0.112. The van der Waals surface area contributed by atoms with Gasteiger partial charge in [-0.3, -0.25) is 0 Å². The third-order valence-electron chi connectivity index (χ3n) is 0.341. The third kappa shape index (κ3) is 10.3. The smallest absolute Gasteiger partial charge is 0.0954 e. The summed E-state index contributed by atoms with van der Waals surface area (Å²) in [5.41, 5.74) is 0. The van der Waals surface area contributed by atoms with Crippen LogP contribution < -0.4 is 0 Å². The van der Waals surface area contributed by atoms with Crippen molar-refractivity contribution in [2.24, 2.45) is 0 Å². The summed E-state index contributed by atoms with van der Waals surface area (Å²) in [5, 5.41) is 0. The van der Waals surface area contributed by atoms with Gasteiger partial charge in [-0.1, -0.05) is 0 Å². The maximum Gasteiger partial charge on any atom is 0.0954 e. The summed E-state index contributed by atoms with van der Waals surface area (Å²) in [6.07, 6.45) is 0. The van der Waals surface area contributed by atoms with Crippen molar-refractivity contribution >= 4 is 52.3 Å². The van der Waals surface area contributed by atoms with E-state index in [1.165, 1.54) is 0 Å². The van der Waals surface area contributed by atoms with Gasteiger partial charge in [0.25, 0.3) is 0 Å². The molecule has 0 aliphatic heterocycles. The Morgan fingerprint density at radius 3 is 1.88 bits per heavy atom. The SMILES string of the molecule is O=S(=O)([O-])CCS.[Na]. The zero-order chi connectivity index (χ0) is 5.91. The van der Waals surface area contributed by atoms with Gasteiger partial charge in [0.1, 0.15) is 0 Å². The second-order valence-corrected chi connectivity index (χ2v) is 2.96. The van der Waals surface area contributed by atoms with Gasteiger partial charge in [0.15, 0.2) is 0 Å². The molecule has 0 rings (SSSR count).